The van der Waals surface area contributed by atoms with Crippen LogP contribution in [-0.4, -0.2) is 0 Å². The molecular weight excluding hydrogens is 168 g/mol. The van der Waals surface area contributed by atoms with Gasteiger partial charge in [0.2, 0.25) is 0 Å². The van der Waals surface area contributed by atoms with Crippen molar-refractivity contribution in [2.24, 2.45) is 17.8 Å². The summed E-state index contributed by atoms with van der Waals surface area (Å²) < 4.78 is 0. The van der Waals surface area contributed by atoms with Crippen LogP contribution in [0, 0.1) is 17.8 Å². The van der Waals surface area contributed by atoms with Crippen molar-refractivity contribution in [2.45, 2.75) is 6.42 Å². The minimum atomic E-state index is 0.638. The first-order valence-electron chi connectivity index (χ1n) is 5.42. The van der Waals surface area contributed by atoms with Gasteiger partial charge in [0.15, 0.2) is 0 Å². The van der Waals surface area contributed by atoms with E-state index in [1.807, 2.05) is 0 Å². The van der Waals surface area contributed by atoms with Crippen LogP contribution in [-0.2, 0) is 0 Å². The number of hydrogen-bond donors (Lipinski definition) is 0. The van der Waals surface area contributed by atoms with Gasteiger partial charge in [0.1, 0.15) is 0 Å². The van der Waals surface area contributed by atoms with E-state index in [-0.39, 0.29) is 0 Å². The Kier molecular flexibility index (Phi) is 1.11. The fourth-order valence-corrected chi connectivity index (χ4v) is 3.35. The second-order valence-corrected chi connectivity index (χ2v) is 4.61. The molecule has 4 aliphatic carbocycles. The lowest BCUT2D eigenvalue weighted by atomic mass is 9.71. The molecule has 0 aromatic heterocycles. The predicted octanol–water partition coefficient (Wildman–Crippen LogP) is 3.17. The monoisotopic (exact) mass is 180 g/mol. The highest BCUT2D eigenvalue weighted by atomic mass is 14.4. The first-order valence-corrected chi connectivity index (χ1v) is 5.42. The molecule has 4 aliphatic rings. The maximum Gasteiger partial charge on any atom is 0.0214 e. The lowest BCUT2D eigenvalue weighted by Gasteiger charge is -2.32. The van der Waals surface area contributed by atoms with E-state index in [9.17, 15) is 0 Å². The van der Waals surface area contributed by atoms with Gasteiger partial charge in [-0.3, -0.25) is 0 Å². The third-order valence-electron chi connectivity index (χ3n) is 3.97. The van der Waals surface area contributed by atoms with E-state index in [2.05, 4.69) is 42.5 Å². The van der Waals surface area contributed by atoms with Crippen molar-refractivity contribution in [3.63, 3.8) is 0 Å². The molecule has 1 fully saturated rings. The first kappa shape index (κ1) is 7.05. The SMILES string of the molecule is C1=CC2CC3C=CC4=C3C(C=C4)C2=C1. The molecule has 4 rings (SSSR count). The van der Waals surface area contributed by atoms with Gasteiger partial charge in [-0.15, -0.1) is 0 Å². The lowest BCUT2D eigenvalue weighted by Crippen LogP contribution is -2.22. The third kappa shape index (κ3) is 0.672. The minimum Gasteiger partial charge on any atom is -0.0773 e. The molecule has 0 saturated heterocycles. The van der Waals surface area contributed by atoms with Gasteiger partial charge >= 0.3 is 0 Å². The third-order valence-corrected chi connectivity index (χ3v) is 3.97. The summed E-state index contributed by atoms with van der Waals surface area (Å²) in [7, 11) is 0. The molecule has 3 unspecified atom stereocenters. The van der Waals surface area contributed by atoms with Crippen LogP contribution in [0.4, 0.5) is 0 Å². The summed E-state index contributed by atoms with van der Waals surface area (Å²) in [6.45, 7) is 0. The summed E-state index contributed by atoms with van der Waals surface area (Å²) in [5, 5.41) is 0. The van der Waals surface area contributed by atoms with Crippen LogP contribution in [0.5, 0.6) is 0 Å². The van der Waals surface area contributed by atoms with E-state index < -0.39 is 0 Å². The average Bonchev–Trinajstić information content (AvgIpc) is 2.86. The number of hydrogen-bond acceptors (Lipinski definition) is 0. The molecule has 0 heteroatoms. The normalized spacial score (nSPS) is 40.6. The summed E-state index contributed by atoms with van der Waals surface area (Å²) in [5.41, 5.74) is 4.80. The van der Waals surface area contributed by atoms with Crippen LogP contribution in [0.3, 0.4) is 0 Å². The van der Waals surface area contributed by atoms with Gasteiger partial charge in [-0.25, -0.2) is 0 Å². The van der Waals surface area contributed by atoms with Crippen molar-refractivity contribution < 1.29 is 0 Å². The molecule has 68 valence electrons. The molecule has 0 aliphatic heterocycles. The maximum atomic E-state index is 2.39. The predicted molar refractivity (Wildman–Crippen MR) is 57.6 cm³/mol. The van der Waals surface area contributed by atoms with Crippen LogP contribution in [0.1, 0.15) is 6.42 Å². The molecule has 0 radical (unpaired) electrons. The van der Waals surface area contributed by atoms with Crippen LogP contribution in [0.15, 0.2) is 59.3 Å². The van der Waals surface area contributed by atoms with Gasteiger partial charge in [0.25, 0.3) is 0 Å². The standard InChI is InChI=1S/C14H12/c1-2-10-8-11-5-4-9-6-7-13(14(9)11)12(10)3-1/h1-7,10-11,13H,8H2. The Morgan fingerprint density at radius 2 is 1.93 bits per heavy atom. The van der Waals surface area contributed by atoms with E-state index in [4.69, 9.17) is 0 Å². The van der Waals surface area contributed by atoms with E-state index in [0.717, 1.165) is 11.8 Å². The zero-order valence-electron chi connectivity index (χ0n) is 7.98. The number of rotatable bonds is 0. The summed E-state index contributed by atoms with van der Waals surface area (Å²) in [6, 6.07) is 0. The average molecular weight is 180 g/mol. The largest absolute Gasteiger partial charge is 0.0773 e. The van der Waals surface area contributed by atoms with E-state index in [0.29, 0.717) is 5.92 Å². The van der Waals surface area contributed by atoms with Crippen LogP contribution in [0.2, 0.25) is 0 Å². The smallest absolute Gasteiger partial charge is 0.0214 e. The molecule has 0 amide bonds. The van der Waals surface area contributed by atoms with Gasteiger partial charge in [0, 0.05) is 17.8 Å². The number of fused-ring (bicyclic) bond motifs is 2. The van der Waals surface area contributed by atoms with E-state index in [1.54, 1.807) is 11.1 Å². The lowest BCUT2D eigenvalue weighted by molar-refractivity contribution is 0.490. The molecule has 0 N–H and O–H groups in total. The molecule has 3 atom stereocenters. The molecule has 0 spiro atoms. The minimum absolute atomic E-state index is 0.638. The van der Waals surface area contributed by atoms with Gasteiger partial charge in [0.05, 0.1) is 0 Å². The summed E-state index contributed by atoms with van der Waals surface area (Å²) >= 11 is 0. The topological polar surface area (TPSA) is 0 Å². The Balaban J connectivity index is 1.91. The highest BCUT2D eigenvalue weighted by Crippen LogP contribution is 2.51. The van der Waals surface area contributed by atoms with E-state index in [1.165, 1.54) is 12.0 Å². The Bertz CT molecular complexity index is 454. The van der Waals surface area contributed by atoms with Crippen LogP contribution in [0.25, 0.3) is 0 Å². The quantitative estimate of drug-likeness (QED) is 0.537. The molecule has 0 nitrogen and oxygen atoms in total. The second kappa shape index (κ2) is 2.20. The van der Waals surface area contributed by atoms with Gasteiger partial charge in [-0.1, -0.05) is 48.1 Å². The molecule has 1 saturated carbocycles. The zero-order valence-corrected chi connectivity index (χ0v) is 7.98. The van der Waals surface area contributed by atoms with Crippen molar-refractivity contribution in [3.8, 4) is 0 Å². The molecule has 0 aromatic rings. The summed E-state index contributed by atoms with van der Waals surface area (Å²) in [6.07, 6.45) is 17.6. The Labute approximate surface area is 84.0 Å². The number of allylic oxidation sites excluding steroid dienone is 10. The Hall–Kier alpha value is -1.30. The fraction of sp³-hybridized carbons (Fsp3) is 0.286. The van der Waals surface area contributed by atoms with Crippen molar-refractivity contribution in [1.29, 1.82) is 0 Å². The highest BCUT2D eigenvalue weighted by molar-refractivity contribution is 5.57. The van der Waals surface area contributed by atoms with Crippen LogP contribution >= 0.6 is 0 Å². The molecule has 14 heavy (non-hydrogen) atoms. The molecular formula is C14H12. The van der Waals surface area contributed by atoms with Gasteiger partial charge in [-0.05, 0) is 17.6 Å². The first-order chi connectivity index (χ1) is 6.93. The van der Waals surface area contributed by atoms with Gasteiger partial charge in [-0.2, -0.15) is 0 Å². The summed E-state index contributed by atoms with van der Waals surface area (Å²) in [5.74, 6) is 2.09. The van der Waals surface area contributed by atoms with Crippen LogP contribution < -0.4 is 0 Å². The van der Waals surface area contributed by atoms with Crippen molar-refractivity contribution in [2.75, 3.05) is 0 Å². The Morgan fingerprint density at radius 3 is 2.93 bits per heavy atom. The van der Waals surface area contributed by atoms with Crippen molar-refractivity contribution >= 4 is 0 Å². The Morgan fingerprint density at radius 1 is 1.00 bits per heavy atom. The zero-order chi connectivity index (χ0) is 9.12. The van der Waals surface area contributed by atoms with Gasteiger partial charge < -0.3 is 0 Å². The molecule has 0 aromatic carbocycles. The van der Waals surface area contributed by atoms with E-state index >= 15 is 0 Å². The molecule has 0 bridgehead atoms. The highest BCUT2D eigenvalue weighted by Gasteiger charge is 2.39. The second-order valence-electron chi connectivity index (χ2n) is 4.61. The van der Waals surface area contributed by atoms with Crippen molar-refractivity contribution in [1.82, 2.24) is 0 Å². The molecule has 0 heterocycles. The van der Waals surface area contributed by atoms with Crippen molar-refractivity contribution in [3.05, 3.63) is 59.3 Å². The summed E-state index contributed by atoms with van der Waals surface area (Å²) in [4.78, 5) is 0. The maximum absolute atomic E-state index is 2.39. The fourth-order valence-electron chi connectivity index (χ4n) is 3.35.